The Labute approximate surface area is 205 Å². The van der Waals surface area contributed by atoms with E-state index in [9.17, 15) is 14.4 Å². The van der Waals surface area contributed by atoms with Gasteiger partial charge in [0.05, 0.1) is 6.42 Å². The number of aryl methyl sites for hydroxylation is 4. The van der Waals surface area contributed by atoms with Crippen LogP contribution in [0.2, 0.25) is 0 Å². The smallest absolute Gasteiger partial charge is 0.306 e. The lowest BCUT2D eigenvalue weighted by Crippen LogP contribution is -2.22. The molecule has 2 amide bonds. The topological polar surface area (TPSA) is 93.7 Å². The molecule has 0 saturated heterocycles. The summed E-state index contributed by atoms with van der Waals surface area (Å²) in [6.45, 7) is 7.39. The molecule has 3 rings (SSSR count). The molecule has 0 unspecified atom stereocenters. The number of para-hydroxylation sites is 1. The largest absolute Gasteiger partial charge is 0.457 e. The zero-order valence-electron chi connectivity index (χ0n) is 20.4. The van der Waals surface area contributed by atoms with Crippen molar-refractivity contribution in [3.8, 4) is 11.5 Å². The molecule has 0 aliphatic carbocycles. The predicted octanol–water partition coefficient (Wildman–Crippen LogP) is 5.61. The van der Waals surface area contributed by atoms with Crippen molar-refractivity contribution in [2.24, 2.45) is 0 Å². The van der Waals surface area contributed by atoms with Crippen LogP contribution in [-0.4, -0.2) is 24.4 Å². The zero-order chi connectivity index (χ0) is 25.4. The molecule has 0 bridgehead atoms. The number of esters is 1. The van der Waals surface area contributed by atoms with Gasteiger partial charge in [0.15, 0.2) is 6.61 Å². The van der Waals surface area contributed by atoms with Crippen LogP contribution in [0.15, 0.2) is 60.7 Å². The van der Waals surface area contributed by atoms with Gasteiger partial charge in [0.2, 0.25) is 5.91 Å². The number of benzene rings is 3. The quantitative estimate of drug-likeness (QED) is 0.393. The first-order chi connectivity index (χ1) is 16.7. The number of anilines is 2. The Bertz CT molecular complexity index is 1180. The van der Waals surface area contributed by atoms with E-state index in [0.717, 1.165) is 28.0 Å². The third-order valence-corrected chi connectivity index (χ3v) is 5.23. The second-order valence-electron chi connectivity index (χ2n) is 8.47. The van der Waals surface area contributed by atoms with Crippen LogP contribution in [0, 0.1) is 27.7 Å². The van der Waals surface area contributed by atoms with Crippen molar-refractivity contribution >= 4 is 29.2 Å². The summed E-state index contributed by atoms with van der Waals surface area (Å²) in [5, 5.41) is 5.49. The molecule has 2 N–H and O–H groups in total. The molecule has 0 saturated carbocycles. The van der Waals surface area contributed by atoms with Crippen molar-refractivity contribution in [1.82, 2.24) is 0 Å². The van der Waals surface area contributed by atoms with Crippen LogP contribution >= 0.6 is 0 Å². The van der Waals surface area contributed by atoms with Gasteiger partial charge in [0.25, 0.3) is 5.91 Å². The number of amides is 2. The summed E-state index contributed by atoms with van der Waals surface area (Å²) in [6.07, 6.45) is -0.186. The number of ether oxygens (including phenoxy) is 2. The molecule has 0 aromatic heterocycles. The minimum atomic E-state index is -0.617. The second-order valence-corrected chi connectivity index (χ2v) is 8.47. The van der Waals surface area contributed by atoms with Gasteiger partial charge in [-0.25, -0.2) is 0 Å². The minimum Gasteiger partial charge on any atom is -0.457 e. The lowest BCUT2D eigenvalue weighted by molar-refractivity contribution is -0.147. The number of nitrogens with one attached hydrogen (secondary N) is 2. The molecule has 0 spiro atoms. The van der Waals surface area contributed by atoms with E-state index < -0.39 is 18.5 Å². The van der Waals surface area contributed by atoms with Crippen LogP contribution in [0.25, 0.3) is 0 Å². The van der Waals surface area contributed by atoms with Crippen molar-refractivity contribution in [3.05, 3.63) is 82.9 Å². The molecule has 7 heteroatoms. The number of carbonyl (C=O) groups excluding carboxylic acids is 3. The number of hydrogen-bond acceptors (Lipinski definition) is 5. The molecule has 182 valence electrons. The molecule has 0 heterocycles. The fourth-order valence-corrected chi connectivity index (χ4v) is 3.58. The molecule has 0 aliphatic heterocycles. The number of rotatable bonds is 9. The van der Waals surface area contributed by atoms with Gasteiger partial charge in [-0.2, -0.15) is 0 Å². The summed E-state index contributed by atoms with van der Waals surface area (Å²) >= 11 is 0. The van der Waals surface area contributed by atoms with E-state index >= 15 is 0 Å². The SMILES string of the molecule is Cc1cc(C)cc(Oc2ccc(NC(=O)CCC(=O)OCC(=O)Nc3c(C)cccc3C)cc2)c1. The third-order valence-electron chi connectivity index (χ3n) is 5.23. The fourth-order valence-electron chi connectivity index (χ4n) is 3.58. The molecule has 3 aromatic carbocycles. The van der Waals surface area contributed by atoms with Crippen molar-refractivity contribution in [1.29, 1.82) is 0 Å². The highest BCUT2D eigenvalue weighted by molar-refractivity contribution is 5.95. The van der Waals surface area contributed by atoms with Crippen molar-refractivity contribution in [3.63, 3.8) is 0 Å². The first-order valence-corrected chi connectivity index (χ1v) is 11.4. The highest BCUT2D eigenvalue weighted by Crippen LogP contribution is 2.25. The molecule has 0 radical (unpaired) electrons. The highest BCUT2D eigenvalue weighted by Gasteiger charge is 2.12. The Kier molecular flexibility index (Phi) is 8.62. The van der Waals surface area contributed by atoms with E-state index in [-0.39, 0.29) is 18.7 Å². The molecule has 7 nitrogen and oxygen atoms in total. The predicted molar refractivity (Wildman–Crippen MR) is 136 cm³/mol. The summed E-state index contributed by atoms with van der Waals surface area (Å²) in [5.41, 5.74) is 5.37. The van der Waals surface area contributed by atoms with Crippen LogP contribution in [0.5, 0.6) is 11.5 Å². The van der Waals surface area contributed by atoms with E-state index in [4.69, 9.17) is 9.47 Å². The van der Waals surface area contributed by atoms with Crippen molar-refractivity contribution < 1.29 is 23.9 Å². The van der Waals surface area contributed by atoms with Gasteiger partial charge in [0.1, 0.15) is 11.5 Å². The van der Waals surface area contributed by atoms with Crippen LogP contribution in [-0.2, 0) is 19.1 Å². The minimum absolute atomic E-state index is 0.0574. The standard InChI is InChI=1S/C28H30N2O5/c1-18-14-19(2)16-24(15-18)35-23-10-8-22(9-11-23)29-25(31)12-13-27(33)34-17-26(32)30-28-20(3)6-5-7-21(28)4/h5-11,14-16H,12-13,17H2,1-4H3,(H,29,31)(H,30,32). The Balaban J connectivity index is 1.40. The Morgan fingerprint density at radius 3 is 1.97 bits per heavy atom. The molecule has 0 atom stereocenters. The molecular formula is C28H30N2O5. The molecule has 0 aliphatic rings. The number of carbonyl (C=O) groups is 3. The Morgan fingerprint density at radius 1 is 0.714 bits per heavy atom. The van der Waals surface area contributed by atoms with Gasteiger partial charge < -0.3 is 20.1 Å². The van der Waals surface area contributed by atoms with Crippen LogP contribution < -0.4 is 15.4 Å². The van der Waals surface area contributed by atoms with E-state index in [0.29, 0.717) is 17.1 Å². The normalized spacial score (nSPS) is 10.4. The van der Waals surface area contributed by atoms with E-state index in [2.05, 4.69) is 16.7 Å². The molecular weight excluding hydrogens is 444 g/mol. The summed E-state index contributed by atoms with van der Waals surface area (Å²) in [7, 11) is 0. The van der Waals surface area contributed by atoms with E-state index in [1.807, 2.05) is 58.0 Å². The molecule has 35 heavy (non-hydrogen) atoms. The van der Waals surface area contributed by atoms with Gasteiger partial charge in [-0.3, -0.25) is 14.4 Å². The lowest BCUT2D eigenvalue weighted by atomic mass is 10.1. The summed E-state index contributed by atoms with van der Waals surface area (Å²) in [6, 6.07) is 18.6. The monoisotopic (exact) mass is 474 g/mol. The van der Waals surface area contributed by atoms with Gasteiger partial charge >= 0.3 is 5.97 Å². The van der Waals surface area contributed by atoms with E-state index in [1.54, 1.807) is 24.3 Å². The third kappa shape index (κ3) is 7.99. The van der Waals surface area contributed by atoms with Crippen LogP contribution in [0.4, 0.5) is 11.4 Å². The van der Waals surface area contributed by atoms with Crippen molar-refractivity contribution in [2.75, 3.05) is 17.2 Å². The maximum Gasteiger partial charge on any atom is 0.306 e. The van der Waals surface area contributed by atoms with Crippen LogP contribution in [0.1, 0.15) is 35.1 Å². The number of hydrogen-bond donors (Lipinski definition) is 2. The summed E-state index contributed by atoms with van der Waals surface area (Å²) in [4.78, 5) is 36.2. The fraction of sp³-hybridized carbons (Fsp3) is 0.250. The zero-order valence-corrected chi connectivity index (χ0v) is 20.4. The first kappa shape index (κ1) is 25.5. The molecule has 3 aromatic rings. The van der Waals surface area contributed by atoms with Gasteiger partial charge in [-0.1, -0.05) is 24.3 Å². The van der Waals surface area contributed by atoms with Gasteiger partial charge in [-0.15, -0.1) is 0 Å². The van der Waals surface area contributed by atoms with Crippen molar-refractivity contribution in [2.45, 2.75) is 40.5 Å². The lowest BCUT2D eigenvalue weighted by Gasteiger charge is -2.11. The second kappa shape index (κ2) is 11.8. The van der Waals surface area contributed by atoms with Gasteiger partial charge in [-0.05, 0) is 86.3 Å². The first-order valence-electron chi connectivity index (χ1n) is 11.4. The summed E-state index contributed by atoms with van der Waals surface area (Å²) in [5.74, 6) is 0.0264. The van der Waals surface area contributed by atoms with Gasteiger partial charge in [0, 0.05) is 17.8 Å². The Morgan fingerprint density at radius 2 is 1.34 bits per heavy atom. The summed E-state index contributed by atoms with van der Waals surface area (Å²) < 4.78 is 10.9. The van der Waals surface area contributed by atoms with E-state index in [1.165, 1.54) is 0 Å². The average molecular weight is 475 g/mol. The average Bonchev–Trinajstić information content (AvgIpc) is 2.79. The highest BCUT2D eigenvalue weighted by atomic mass is 16.5. The maximum absolute atomic E-state index is 12.2. The molecule has 0 fully saturated rings. The van der Waals surface area contributed by atoms with Crippen LogP contribution in [0.3, 0.4) is 0 Å². The maximum atomic E-state index is 12.2. The Hall–Kier alpha value is -4.13.